The van der Waals surface area contributed by atoms with Gasteiger partial charge in [0.05, 0.1) is 11.8 Å². The van der Waals surface area contributed by atoms with Gasteiger partial charge in [0.1, 0.15) is 5.60 Å². The normalized spacial score (nSPS) is 14.2. The van der Waals surface area contributed by atoms with E-state index < -0.39 is 17.4 Å². The highest BCUT2D eigenvalue weighted by atomic mass is 16.6. The highest BCUT2D eigenvalue weighted by Gasteiger charge is 2.36. The van der Waals surface area contributed by atoms with Crippen molar-refractivity contribution in [3.8, 4) is 0 Å². The fraction of sp³-hybridized carbons (Fsp3) is 0.600. The SMILES string of the molecule is CC(C)CNNC(=O)C(CC(C)C)[C@H](CC=Cc1ccccc1)C(=O)OC(C)(C)C. The topological polar surface area (TPSA) is 67.4 Å². The van der Waals surface area contributed by atoms with Crippen LogP contribution in [0.25, 0.3) is 6.08 Å². The Balaban J connectivity index is 3.05. The van der Waals surface area contributed by atoms with Crippen LogP contribution in [0, 0.1) is 23.7 Å². The van der Waals surface area contributed by atoms with Crippen molar-refractivity contribution >= 4 is 18.0 Å². The molecule has 0 aliphatic carbocycles. The van der Waals surface area contributed by atoms with Crippen LogP contribution in [0.3, 0.4) is 0 Å². The van der Waals surface area contributed by atoms with Crippen LogP contribution >= 0.6 is 0 Å². The number of benzene rings is 1. The van der Waals surface area contributed by atoms with Crippen LogP contribution in [0.1, 0.15) is 66.9 Å². The lowest BCUT2D eigenvalue weighted by atomic mass is 9.82. The van der Waals surface area contributed by atoms with Gasteiger partial charge < -0.3 is 4.74 Å². The van der Waals surface area contributed by atoms with Crippen molar-refractivity contribution < 1.29 is 14.3 Å². The van der Waals surface area contributed by atoms with Crippen LogP contribution < -0.4 is 10.9 Å². The molecule has 2 N–H and O–H groups in total. The minimum atomic E-state index is -0.604. The molecule has 2 atom stereocenters. The molecule has 0 saturated carbocycles. The second-order valence-corrected chi connectivity index (χ2v) is 9.69. The van der Waals surface area contributed by atoms with Crippen LogP contribution in [0.5, 0.6) is 0 Å². The smallest absolute Gasteiger partial charge is 0.310 e. The number of nitrogens with one attached hydrogen (secondary N) is 2. The third kappa shape index (κ3) is 10.6. The number of amides is 1. The number of ether oxygens (including phenoxy) is 1. The van der Waals surface area contributed by atoms with Crippen LogP contribution in [0.2, 0.25) is 0 Å². The maximum absolute atomic E-state index is 13.1. The Morgan fingerprint density at radius 3 is 2.17 bits per heavy atom. The van der Waals surface area contributed by atoms with E-state index in [-0.39, 0.29) is 17.8 Å². The monoisotopic (exact) mass is 416 g/mol. The molecule has 0 aromatic heterocycles. The molecule has 168 valence electrons. The molecule has 1 amide bonds. The van der Waals surface area contributed by atoms with Gasteiger partial charge in [0.15, 0.2) is 0 Å². The Bertz CT molecular complexity index is 675. The van der Waals surface area contributed by atoms with Gasteiger partial charge in [0.25, 0.3) is 0 Å². The average Bonchev–Trinajstić information content (AvgIpc) is 2.62. The first-order valence-electron chi connectivity index (χ1n) is 11.0. The second-order valence-electron chi connectivity index (χ2n) is 9.69. The molecule has 0 radical (unpaired) electrons. The number of allylic oxidation sites excluding steroid dienone is 1. The highest BCUT2D eigenvalue weighted by molar-refractivity contribution is 5.85. The Morgan fingerprint density at radius 1 is 1.00 bits per heavy atom. The summed E-state index contributed by atoms with van der Waals surface area (Å²) >= 11 is 0. The molecule has 0 saturated heterocycles. The van der Waals surface area contributed by atoms with Gasteiger partial charge in [-0.2, -0.15) is 0 Å². The van der Waals surface area contributed by atoms with Crippen molar-refractivity contribution in [3.05, 3.63) is 42.0 Å². The highest BCUT2D eigenvalue weighted by Crippen LogP contribution is 2.28. The Hall–Kier alpha value is -2.14. The van der Waals surface area contributed by atoms with E-state index in [1.165, 1.54) is 0 Å². The lowest BCUT2D eigenvalue weighted by Gasteiger charge is -2.29. The third-order valence-corrected chi connectivity index (χ3v) is 4.48. The molecule has 0 spiro atoms. The fourth-order valence-corrected chi connectivity index (χ4v) is 3.11. The van der Waals surface area contributed by atoms with Crippen LogP contribution in [0.4, 0.5) is 0 Å². The molecule has 0 aliphatic heterocycles. The Morgan fingerprint density at radius 2 is 1.63 bits per heavy atom. The van der Waals surface area contributed by atoms with E-state index in [4.69, 9.17) is 4.74 Å². The molecule has 0 bridgehead atoms. The van der Waals surface area contributed by atoms with Crippen LogP contribution in [-0.2, 0) is 14.3 Å². The van der Waals surface area contributed by atoms with E-state index in [0.717, 1.165) is 5.56 Å². The van der Waals surface area contributed by atoms with Gasteiger partial charge in [0, 0.05) is 6.54 Å². The molecule has 1 aromatic rings. The predicted octanol–water partition coefficient (Wildman–Crippen LogP) is 4.99. The predicted molar refractivity (Wildman–Crippen MR) is 123 cm³/mol. The summed E-state index contributed by atoms with van der Waals surface area (Å²) in [7, 11) is 0. The van der Waals surface area contributed by atoms with Gasteiger partial charge in [-0.3, -0.25) is 15.0 Å². The van der Waals surface area contributed by atoms with Crippen molar-refractivity contribution in [2.75, 3.05) is 6.54 Å². The first kappa shape index (κ1) is 25.9. The van der Waals surface area contributed by atoms with Gasteiger partial charge in [-0.05, 0) is 51.0 Å². The quantitative estimate of drug-likeness (QED) is 0.394. The van der Waals surface area contributed by atoms with Gasteiger partial charge in [-0.1, -0.05) is 70.2 Å². The molecule has 1 aromatic carbocycles. The van der Waals surface area contributed by atoms with Gasteiger partial charge in [-0.15, -0.1) is 0 Å². The lowest BCUT2D eigenvalue weighted by Crippen LogP contribution is -2.47. The van der Waals surface area contributed by atoms with Crippen molar-refractivity contribution in [1.29, 1.82) is 0 Å². The van der Waals surface area contributed by atoms with E-state index in [9.17, 15) is 9.59 Å². The zero-order valence-electron chi connectivity index (χ0n) is 19.7. The molecular formula is C25H40N2O3. The van der Waals surface area contributed by atoms with Gasteiger partial charge >= 0.3 is 5.97 Å². The van der Waals surface area contributed by atoms with E-state index in [2.05, 4.69) is 38.5 Å². The zero-order chi connectivity index (χ0) is 22.7. The zero-order valence-corrected chi connectivity index (χ0v) is 19.7. The number of hydrogen-bond donors (Lipinski definition) is 2. The number of carbonyl (C=O) groups excluding carboxylic acids is 2. The molecular weight excluding hydrogens is 376 g/mol. The van der Waals surface area contributed by atoms with Crippen molar-refractivity contribution in [2.45, 2.75) is 66.9 Å². The largest absolute Gasteiger partial charge is 0.460 e. The maximum Gasteiger partial charge on any atom is 0.310 e. The molecule has 0 fully saturated rings. The second kappa shape index (κ2) is 12.5. The van der Waals surface area contributed by atoms with Crippen molar-refractivity contribution in [2.24, 2.45) is 23.7 Å². The fourth-order valence-electron chi connectivity index (χ4n) is 3.11. The summed E-state index contributed by atoms with van der Waals surface area (Å²) in [6, 6.07) is 9.93. The number of esters is 1. The number of carbonyl (C=O) groups is 2. The Labute approximate surface area is 182 Å². The average molecular weight is 417 g/mol. The number of hydrazine groups is 1. The van der Waals surface area contributed by atoms with Crippen molar-refractivity contribution in [1.82, 2.24) is 10.9 Å². The van der Waals surface area contributed by atoms with Crippen LogP contribution in [0.15, 0.2) is 36.4 Å². The summed E-state index contributed by atoms with van der Waals surface area (Å²) in [6.45, 7) is 14.5. The Kier molecular flexibility index (Phi) is 10.8. The standard InChI is InChI=1S/C25H40N2O3/c1-18(2)16-22(23(28)27-26-17-19(3)4)21(24(29)30-25(5,6)7)15-11-14-20-12-9-8-10-13-20/h8-14,18-19,21-22,26H,15-17H2,1-7H3,(H,27,28)/t21-,22?/m0/s1. The molecule has 0 aliphatic rings. The summed E-state index contributed by atoms with van der Waals surface area (Å²) in [5.41, 5.74) is 6.25. The minimum absolute atomic E-state index is 0.159. The van der Waals surface area contributed by atoms with Gasteiger partial charge in [0.2, 0.25) is 5.91 Å². The van der Waals surface area contributed by atoms with Gasteiger partial charge in [-0.25, -0.2) is 5.43 Å². The van der Waals surface area contributed by atoms with E-state index in [1.54, 1.807) is 0 Å². The van der Waals surface area contributed by atoms with Crippen LogP contribution in [-0.4, -0.2) is 24.0 Å². The van der Waals surface area contributed by atoms with Crippen molar-refractivity contribution in [3.63, 3.8) is 0 Å². The first-order chi connectivity index (χ1) is 14.0. The van der Waals surface area contributed by atoms with E-state index in [1.807, 2.05) is 63.3 Å². The molecule has 5 nitrogen and oxygen atoms in total. The summed E-state index contributed by atoms with van der Waals surface area (Å²) in [5.74, 6) is -0.830. The minimum Gasteiger partial charge on any atom is -0.460 e. The third-order valence-electron chi connectivity index (χ3n) is 4.48. The maximum atomic E-state index is 13.1. The summed E-state index contributed by atoms with van der Waals surface area (Å²) in [6.07, 6.45) is 5.00. The first-order valence-corrected chi connectivity index (χ1v) is 11.0. The number of rotatable bonds is 11. The molecule has 30 heavy (non-hydrogen) atoms. The summed E-state index contributed by atoms with van der Waals surface area (Å²) in [5, 5.41) is 0. The molecule has 1 unspecified atom stereocenters. The molecule has 5 heteroatoms. The van der Waals surface area contributed by atoms with E-state index >= 15 is 0 Å². The number of hydrogen-bond acceptors (Lipinski definition) is 4. The molecule has 1 rings (SSSR count). The van der Waals surface area contributed by atoms with E-state index in [0.29, 0.717) is 25.3 Å². The summed E-state index contributed by atoms with van der Waals surface area (Å²) in [4.78, 5) is 26.1. The lowest BCUT2D eigenvalue weighted by molar-refractivity contribution is -0.164. The summed E-state index contributed by atoms with van der Waals surface area (Å²) < 4.78 is 5.68. The molecule has 0 heterocycles.